The zero-order valence-corrected chi connectivity index (χ0v) is 13.4. The Bertz CT molecular complexity index is 395. The summed E-state index contributed by atoms with van der Waals surface area (Å²) >= 11 is 0. The van der Waals surface area contributed by atoms with Crippen molar-refractivity contribution in [2.75, 3.05) is 39.4 Å². The van der Waals surface area contributed by atoms with Crippen LogP contribution in [0.1, 0.15) is 37.3 Å². The van der Waals surface area contributed by atoms with Gasteiger partial charge in [0, 0.05) is 32.8 Å². The molecule has 2 rings (SSSR count). The quantitative estimate of drug-likeness (QED) is 0.708. The van der Waals surface area contributed by atoms with Gasteiger partial charge in [0.05, 0.1) is 6.61 Å². The molecule has 0 aliphatic carbocycles. The van der Waals surface area contributed by atoms with Crippen molar-refractivity contribution in [1.82, 2.24) is 10.2 Å². The highest BCUT2D eigenvalue weighted by Crippen LogP contribution is 2.17. The fourth-order valence-electron chi connectivity index (χ4n) is 2.81. The molecule has 0 saturated carbocycles. The van der Waals surface area contributed by atoms with Crippen molar-refractivity contribution in [3.05, 3.63) is 35.4 Å². The molecule has 0 saturated heterocycles. The van der Waals surface area contributed by atoms with Gasteiger partial charge < -0.3 is 10.1 Å². The molecule has 1 heterocycles. The SMILES string of the molecule is CCCCOCCNCCN1CCCc2ccccc2C1. The Morgan fingerprint density at radius 1 is 1.14 bits per heavy atom. The second-order valence-electron chi connectivity index (χ2n) is 5.86. The molecule has 1 aliphatic rings. The molecule has 3 heteroatoms. The summed E-state index contributed by atoms with van der Waals surface area (Å²) in [5.41, 5.74) is 3.05. The van der Waals surface area contributed by atoms with Crippen molar-refractivity contribution >= 4 is 0 Å². The zero-order valence-electron chi connectivity index (χ0n) is 13.4. The number of nitrogens with zero attached hydrogens (tertiary/aromatic N) is 1. The average molecular weight is 290 g/mol. The number of fused-ring (bicyclic) bond motifs is 1. The maximum absolute atomic E-state index is 5.56. The molecule has 1 N–H and O–H groups in total. The summed E-state index contributed by atoms with van der Waals surface area (Å²) in [6, 6.07) is 8.89. The van der Waals surface area contributed by atoms with Crippen LogP contribution in [0.3, 0.4) is 0 Å². The van der Waals surface area contributed by atoms with E-state index in [9.17, 15) is 0 Å². The van der Waals surface area contributed by atoms with Crippen LogP contribution < -0.4 is 5.32 Å². The molecule has 0 atom stereocenters. The Hall–Kier alpha value is -0.900. The predicted octanol–water partition coefficient (Wildman–Crippen LogP) is 2.84. The number of unbranched alkanes of at least 4 members (excludes halogenated alkanes) is 1. The van der Waals surface area contributed by atoms with Gasteiger partial charge in [-0.2, -0.15) is 0 Å². The maximum Gasteiger partial charge on any atom is 0.0590 e. The van der Waals surface area contributed by atoms with Gasteiger partial charge in [-0.1, -0.05) is 37.6 Å². The first kappa shape index (κ1) is 16.5. The van der Waals surface area contributed by atoms with Crippen LogP contribution in [-0.2, 0) is 17.7 Å². The Morgan fingerprint density at radius 3 is 2.86 bits per heavy atom. The summed E-state index contributed by atoms with van der Waals surface area (Å²) in [6.45, 7) is 9.40. The van der Waals surface area contributed by atoms with Crippen LogP contribution in [0.15, 0.2) is 24.3 Å². The van der Waals surface area contributed by atoms with Crippen LogP contribution in [0.4, 0.5) is 0 Å². The molecule has 0 bridgehead atoms. The van der Waals surface area contributed by atoms with E-state index in [1.165, 1.54) is 43.4 Å². The van der Waals surface area contributed by atoms with Gasteiger partial charge in [0.1, 0.15) is 0 Å². The van der Waals surface area contributed by atoms with Crippen molar-refractivity contribution in [3.8, 4) is 0 Å². The van der Waals surface area contributed by atoms with Gasteiger partial charge in [0.2, 0.25) is 0 Å². The zero-order chi connectivity index (χ0) is 14.8. The van der Waals surface area contributed by atoms with Crippen molar-refractivity contribution in [3.63, 3.8) is 0 Å². The van der Waals surface area contributed by atoms with Gasteiger partial charge in [-0.05, 0) is 36.9 Å². The van der Waals surface area contributed by atoms with Crippen LogP contribution in [0.25, 0.3) is 0 Å². The van der Waals surface area contributed by atoms with E-state index in [0.717, 1.165) is 39.4 Å². The van der Waals surface area contributed by atoms with Gasteiger partial charge in [-0.15, -0.1) is 0 Å². The second kappa shape index (κ2) is 9.93. The molecule has 3 nitrogen and oxygen atoms in total. The minimum absolute atomic E-state index is 0.836. The third-order valence-corrected chi connectivity index (χ3v) is 4.10. The monoisotopic (exact) mass is 290 g/mol. The first-order valence-electron chi connectivity index (χ1n) is 8.47. The molecule has 1 aromatic rings. The van der Waals surface area contributed by atoms with E-state index in [0.29, 0.717) is 0 Å². The van der Waals surface area contributed by atoms with E-state index in [2.05, 4.69) is 41.4 Å². The number of rotatable bonds is 9. The number of hydrogen-bond donors (Lipinski definition) is 1. The molecule has 0 fully saturated rings. The van der Waals surface area contributed by atoms with Gasteiger partial charge in [-0.3, -0.25) is 4.90 Å². The summed E-state index contributed by atoms with van der Waals surface area (Å²) < 4.78 is 5.56. The molecule has 0 aromatic heterocycles. The standard InChI is InChI=1S/C18H30N2O/c1-2-3-14-21-15-11-19-10-13-20-12-6-9-17-7-4-5-8-18(17)16-20/h4-5,7-8,19H,2-3,6,9-16H2,1H3. The van der Waals surface area contributed by atoms with E-state index in [1.807, 2.05) is 0 Å². The maximum atomic E-state index is 5.56. The number of benzene rings is 1. The minimum atomic E-state index is 0.836. The summed E-state index contributed by atoms with van der Waals surface area (Å²) in [4.78, 5) is 2.57. The molecule has 21 heavy (non-hydrogen) atoms. The van der Waals surface area contributed by atoms with Crippen molar-refractivity contribution in [2.45, 2.75) is 39.2 Å². The van der Waals surface area contributed by atoms with E-state index >= 15 is 0 Å². The van der Waals surface area contributed by atoms with E-state index in [-0.39, 0.29) is 0 Å². The smallest absolute Gasteiger partial charge is 0.0590 e. The summed E-state index contributed by atoms with van der Waals surface area (Å²) in [5, 5.41) is 3.49. The molecule has 0 radical (unpaired) electrons. The highest BCUT2D eigenvalue weighted by Gasteiger charge is 2.12. The average Bonchev–Trinajstić information content (AvgIpc) is 2.71. The van der Waals surface area contributed by atoms with Gasteiger partial charge in [0.15, 0.2) is 0 Å². The van der Waals surface area contributed by atoms with Crippen LogP contribution in [0.5, 0.6) is 0 Å². The number of aryl methyl sites for hydroxylation is 1. The van der Waals surface area contributed by atoms with Gasteiger partial charge in [-0.25, -0.2) is 0 Å². The van der Waals surface area contributed by atoms with Gasteiger partial charge >= 0.3 is 0 Å². The van der Waals surface area contributed by atoms with Crippen LogP contribution in [0, 0.1) is 0 Å². The molecular formula is C18H30N2O. The Labute approximate surface area is 129 Å². The summed E-state index contributed by atoms with van der Waals surface area (Å²) in [5.74, 6) is 0. The second-order valence-corrected chi connectivity index (χ2v) is 5.86. The molecule has 118 valence electrons. The normalized spacial score (nSPS) is 15.7. The minimum Gasteiger partial charge on any atom is -0.380 e. The Balaban J connectivity index is 1.59. The summed E-state index contributed by atoms with van der Waals surface area (Å²) in [7, 11) is 0. The lowest BCUT2D eigenvalue weighted by molar-refractivity contribution is 0.132. The van der Waals surface area contributed by atoms with E-state index < -0.39 is 0 Å². The van der Waals surface area contributed by atoms with Gasteiger partial charge in [0.25, 0.3) is 0 Å². The lowest BCUT2D eigenvalue weighted by atomic mass is 10.0. The highest BCUT2D eigenvalue weighted by atomic mass is 16.5. The van der Waals surface area contributed by atoms with E-state index in [4.69, 9.17) is 4.74 Å². The molecule has 0 amide bonds. The molecule has 0 unspecified atom stereocenters. The lowest BCUT2D eigenvalue weighted by Gasteiger charge is -2.20. The number of ether oxygens (including phenoxy) is 1. The van der Waals surface area contributed by atoms with Crippen LogP contribution in [-0.4, -0.2) is 44.3 Å². The molecule has 0 spiro atoms. The Kier molecular flexibility index (Phi) is 7.79. The topological polar surface area (TPSA) is 24.5 Å². The fraction of sp³-hybridized carbons (Fsp3) is 0.667. The van der Waals surface area contributed by atoms with Crippen LogP contribution >= 0.6 is 0 Å². The first-order chi connectivity index (χ1) is 10.4. The van der Waals surface area contributed by atoms with Crippen molar-refractivity contribution in [1.29, 1.82) is 0 Å². The van der Waals surface area contributed by atoms with E-state index in [1.54, 1.807) is 0 Å². The Morgan fingerprint density at radius 2 is 2.00 bits per heavy atom. The summed E-state index contributed by atoms with van der Waals surface area (Å²) in [6.07, 6.45) is 4.89. The molecule has 1 aliphatic heterocycles. The number of nitrogens with one attached hydrogen (secondary N) is 1. The third kappa shape index (κ3) is 6.16. The van der Waals surface area contributed by atoms with Crippen molar-refractivity contribution in [2.24, 2.45) is 0 Å². The highest BCUT2D eigenvalue weighted by molar-refractivity contribution is 5.27. The predicted molar refractivity (Wildman–Crippen MR) is 88.6 cm³/mol. The fourth-order valence-corrected chi connectivity index (χ4v) is 2.81. The third-order valence-electron chi connectivity index (χ3n) is 4.10. The first-order valence-corrected chi connectivity index (χ1v) is 8.47. The van der Waals surface area contributed by atoms with Crippen molar-refractivity contribution < 1.29 is 4.74 Å². The molecular weight excluding hydrogens is 260 g/mol. The van der Waals surface area contributed by atoms with Crippen LogP contribution in [0.2, 0.25) is 0 Å². The molecule has 1 aromatic carbocycles. The number of hydrogen-bond acceptors (Lipinski definition) is 3. The largest absolute Gasteiger partial charge is 0.380 e. The lowest BCUT2D eigenvalue weighted by Crippen LogP contribution is -2.33.